The number of benzene rings is 2. The molecule has 0 spiro atoms. The van der Waals surface area contributed by atoms with Gasteiger partial charge >= 0.3 is 0 Å². The van der Waals surface area contributed by atoms with Crippen LogP contribution in [0.15, 0.2) is 58.3 Å². The van der Waals surface area contributed by atoms with E-state index in [1.807, 2.05) is 0 Å². The van der Waals surface area contributed by atoms with Gasteiger partial charge in [0.25, 0.3) is 10.0 Å². The highest BCUT2D eigenvalue weighted by Gasteiger charge is 2.26. The van der Waals surface area contributed by atoms with Gasteiger partial charge in [-0.05, 0) is 42.5 Å². The van der Waals surface area contributed by atoms with Crippen LogP contribution in [0.3, 0.4) is 0 Å². The maximum Gasteiger partial charge on any atom is 0.261 e. The summed E-state index contributed by atoms with van der Waals surface area (Å²) in [6.07, 6.45) is 0. The molecule has 2 aromatic carbocycles. The maximum absolute atomic E-state index is 12.8. The normalized spacial score (nSPS) is 15.6. The second-order valence-corrected chi connectivity index (χ2v) is 9.98. The molecular weight excluding hydrogens is 418 g/mol. The predicted octanol–water partition coefficient (Wildman–Crippen LogP) is 1.47. The molecule has 9 nitrogen and oxygen atoms in total. The minimum atomic E-state index is -3.94. The summed E-state index contributed by atoms with van der Waals surface area (Å²) in [6.45, 7) is 2.49. The summed E-state index contributed by atoms with van der Waals surface area (Å²) in [4.78, 5) is 11.0. The first-order valence-electron chi connectivity index (χ1n) is 8.77. The number of nitrogens with one attached hydrogen (secondary N) is 2. The Hall–Kier alpha value is -2.47. The molecule has 1 amide bonds. The van der Waals surface area contributed by atoms with E-state index in [0.717, 1.165) is 0 Å². The standard InChI is InChI=1S/C18H21N3O6S2/c1-14(22)19-15-5-7-17(8-6-15)28(23,24)20-16-3-2-4-18(13-16)29(25,26)21-9-11-27-12-10-21/h2-8,13,20H,9-12H2,1H3,(H,19,22). The molecule has 0 aromatic heterocycles. The Morgan fingerprint density at radius 2 is 1.59 bits per heavy atom. The van der Waals surface area contributed by atoms with Crippen LogP contribution in [0.1, 0.15) is 6.92 Å². The minimum absolute atomic E-state index is 0.000561. The molecule has 1 fully saturated rings. The van der Waals surface area contributed by atoms with Crippen molar-refractivity contribution in [3.8, 4) is 0 Å². The molecule has 0 aliphatic carbocycles. The van der Waals surface area contributed by atoms with Crippen LogP contribution in [0.5, 0.6) is 0 Å². The van der Waals surface area contributed by atoms with Gasteiger partial charge in [0.15, 0.2) is 0 Å². The second kappa shape index (κ2) is 8.49. The van der Waals surface area contributed by atoms with Crippen LogP contribution in [-0.2, 0) is 29.6 Å². The minimum Gasteiger partial charge on any atom is -0.379 e. The Kier molecular flexibility index (Phi) is 6.22. The van der Waals surface area contributed by atoms with E-state index < -0.39 is 20.0 Å². The van der Waals surface area contributed by atoms with E-state index in [1.165, 1.54) is 59.8 Å². The largest absolute Gasteiger partial charge is 0.379 e. The number of ether oxygens (including phenoxy) is 1. The van der Waals surface area contributed by atoms with Gasteiger partial charge in [0.05, 0.1) is 28.7 Å². The third-order valence-electron chi connectivity index (χ3n) is 4.18. The Bertz CT molecular complexity index is 1090. The Morgan fingerprint density at radius 1 is 0.931 bits per heavy atom. The average Bonchev–Trinajstić information content (AvgIpc) is 2.68. The lowest BCUT2D eigenvalue weighted by molar-refractivity contribution is -0.114. The molecular formula is C18H21N3O6S2. The monoisotopic (exact) mass is 439 g/mol. The van der Waals surface area contributed by atoms with E-state index in [2.05, 4.69) is 10.0 Å². The molecule has 0 unspecified atom stereocenters. The van der Waals surface area contributed by atoms with Gasteiger partial charge in [0.1, 0.15) is 0 Å². The highest BCUT2D eigenvalue weighted by Crippen LogP contribution is 2.23. The number of carbonyl (C=O) groups excluding carboxylic acids is 1. The number of anilines is 2. The van der Waals surface area contributed by atoms with E-state index in [1.54, 1.807) is 0 Å². The van der Waals surface area contributed by atoms with Gasteiger partial charge in [-0.25, -0.2) is 16.8 Å². The number of amides is 1. The molecule has 0 saturated carbocycles. The third kappa shape index (κ3) is 5.12. The number of carbonyl (C=O) groups is 1. The second-order valence-electron chi connectivity index (χ2n) is 6.36. The van der Waals surface area contributed by atoms with Crippen molar-refractivity contribution >= 4 is 37.3 Å². The van der Waals surface area contributed by atoms with E-state index in [-0.39, 0.29) is 34.5 Å². The lowest BCUT2D eigenvalue weighted by atomic mass is 10.3. The Balaban J connectivity index is 1.81. The van der Waals surface area contributed by atoms with Crippen LogP contribution in [0.25, 0.3) is 0 Å². The third-order valence-corrected chi connectivity index (χ3v) is 7.47. The molecule has 0 atom stereocenters. The summed E-state index contributed by atoms with van der Waals surface area (Å²) in [7, 11) is -7.68. The van der Waals surface area contributed by atoms with Crippen molar-refractivity contribution in [2.75, 3.05) is 36.3 Å². The Labute approximate surface area is 169 Å². The maximum atomic E-state index is 12.8. The van der Waals surface area contributed by atoms with Crippen molar-refractivity contribution in [3.05, 3.63) is 48.5 Å². The number of sulfonamides is 2. The van der Waals surface area contributed by atoms with Crippen LogP contribution in [0.2, 0.25) is 0 Å². The molecule has 11 heteroatoms. The molecule has 2 N–H and O–H groups in total. The van der Waals surface area contributed by atoms with E-state index in [4.69, 9.17) is 4.74 Å². The van der Waals surface area contributed by atoms with Crippen molar-refractivity contribution in [1.82, 2.24) is 4.31 Å². The van der Waals surface area contributed by atoms with Crippen LogP contribution < -0.4 is 10.0 Å². The predicted molar refractivity (Wildman–Crippen MR) is 108 cm³/mol. The highest BCUT2D eigenvalue weighted by atomic mass is 32.2. The van der Waals surface area contributed by atoms with Crippen molar-refractivity contribution in [2.24, 2.45) is 0 Å². The molecule has 2 aromatic rings. The van der Waals surface area contributed by atoms with Gasteiger partial charge in [0.2, 0.25) is 15.9 Å². The molecule has 1 aliphatic rings. The van der Waals surface area contributed by atoms with E-state index in [0.29, 0.717) is 18.9 Å². The van der Waals surface area contributed by atoms with Gasteiger partial charge in [-0.15, -0.1) is 0 Å². The van der Waals surface area contributed by atoms with Crippen molar-refractivity contribution in [1.29, 1.82) is 0 Å². The molecule has 0 bridgehead atoms. The first kappa shape index (κ1) is 21.2. The zero-order valence-electron chi connectivity index (χ0n) is 15.7. The summed E-state index contributed by atoms with van der Waals surface area (Å²) >= 11 is 0. The lowest BCUT2D eigenvalue weighted by Crippen LogP contribution is -2.40. The molecule has 1 saturated heterocycles. The molecule has 0 radical (unpaired) electrons. The zero-order chi connectivity index (χ0) is 21.1. The fourth-order valence-corrected chi connectivity index (χ4v) is 5.29. The van der Waals surface area contributed by atoms with Crippen molar-refractivity contribution in [3.63, 3.8) is 0 Å². The zero-order valence-corrected chi connectivity index (χ0v) is 17.3. The molecule has 29 heavy (non-hydrogen) atoms. The molecule has 1 heterocycles. The van der Waals surface area contributed by atoms with Crippen LogP contribution >= 0.6 is 0 Å². The first-order valence-corrected chi connectivity index (χ1v) is 11.7. The number of morpholine rings is 1. The van der Waals surface area contributed by atoms with Crippen molar-refractivity contribution < 1.29 is 26.4 Å². The number of nitrogens with zero attached hydrogens (tertiary/aromatic N) is 1. The SMILES string of the molecule is CC(=O)Nc1ccc(S(=O)(=O)Nc2cccc(S(=O)(=O)N3CCOCC3)c2)cc1. The number of hydrogen-bond acceptors (Lipinski definition) is 6. The smallest absolute Gasteiger partial charge is 0.261 e. The van der Waals surface area contributed by atoms with Crippen molar-refractivity contribution in [2.45, 2.75) is 16.7 Å². The van der Waals surface area contributed by atoms with Crippen LogP contribution in [0.4, 0.5) is 11.4 Å². The fraction of sp³-hybridized carbons (Fsp3) is 0.278. The first-order chi connectivity index (χ1) is 13.7. The van der Waals surface area contributed by atoms with Gasteiger partial charge in [-0.1, -0.05) is 6.07 Å². The molecule has 156 valence electrons. The Morgan fingerprint density at radius 3 is 2.21 bits per heavy atom. The summed E-state index contributed by atoms with van der Waals surface area (Å²) < 4.78 is 59.6. The molecule has 1 aliphatic heterocycles. The van der Waals surface area contributed by atoms with Crippen LogP contribution in [0, 0.1) is 0 Å². The summed E-state index contributed by atoms with van der Waals surface area (Å²) in [5.74, 6) is -0.267. The van der Waals surface area contributed by atoms with Gasteiger partial charge in [-0.3, -0.25) is 9.52 Å². The number of hydrogen-bond donors (Lipinski definition) is 2. The lowest BCUT2D eigenvalue weighted by Gasteiger charge is -2.26. The highest BCUT2D eigenvalue weighted by molar-refractivity contribution is 7.92. The summed E-state index contributed by atoms with van der Waals surface area (Å²) in [6, 6.07) is 11.3. The van der Waals surface area contributed by atoms with Gasteiger partial charge in [-0.2, -0.15) is 4.31 Å². The quantitative estimate of drug-likeness (QED) is 0.703. The fourth-order valence-electron chi connectivity index (χ4n) is 2.79. The average molecular weight is 440 g/mol. The van der Waals surface area contributed by atoms with Gasteiger partial charge in [0, 0.05) is 25.7 Å². The van der Waals surface area contributed by atoms with E-state index in [9.17, 15) is 21.6 Å². The molecule has 3 rings (SSSR count). The number of rotatable bonds is 6. The van der Waals surface area contributed by atoms with E-state index >= 15 is 0 Å². The summed E-state index contributed by atoms with van der Waals surface area (Å²) in [5.41, 5.74) is 0.598. The van der Waals surface area contributed by atoms with Crippen LogP contribution in [-0.4, -0.2) is 53.4 Å². The summed E-state index contributed by atoms with van der Waals surface area (Å²) in [5, 5.41) is 2.55. The van der Waals surface area contributed by atoms with Gasteiger partial charge < -0.3 is 10.1 Å². The topological polar surface area (TPSA) is 122 Å².